The van der Waals surface area contributed by atoms with Gasteiger partial charge in [0.15, 0.2) is 5.05 Å². The minimum Gasteiger partial charge on any atom is -0.443 e. The summed E-state index contributed by atoms with van der Waals surface area (Å²) < 4.78 is 11.0. The maximum Gasteiger partial charge on any atom is 0.336 e. The van der Waals surface area contributed by atoms with Gasteiger partial charge in [0.25, 0.3) is 0 Å². The molecular formula is C16H20O3S. The van der Waals surface area contributed by atoms with E-state index < -0.39 is 17.7 Å². The summed E-state index contributed by atoms with van der Waals surface area (Å²) in [6.07, 6.45) is -0.764. The van der Waals surface area contributed by atoms with Crippen LogP contribution in [0.25, 0.3) is 0 Å². The first-order chi connectivity index (χ1) is 9.21. The van der Waals surface area contributed by atoms with Crippen molar-refractivity contribution in [3.05, 3.63) is 48.0 Å². The monoisotopic (exact) mass is 292 g/mol. The number of hydrogen-bond donors (Lipinski definition) is 0. The summed E-state index contributed by atoms with van der Waals surface area (Å²) in [4.78, 5) is 11.7. The molecule has 0 aliphatic heterocycles. The lowest BCUT2D eigenvalue weighted by molar-refractivity contribution is -0.177. The lowest BCUT2D eigenvalue weighted by atomic mass is 9.96. The van der Waals surface area contributed by atoms with Crippen LogP contribution in [-0.2, 0) is 14.3 Å². The van der Waals surface area contributed by atoms with Gasteiger partial charge in [-0.25, -0.2) is 4.79 Å². The number of carbonyl (C=O) groups excluding carboxylic acids is 1. The molecule has 0 fully saturated rings. The molecule has 0 N–H and O–H groups in total. The summed E-state index contributed by atoms with van der Waals surface area (Å²) in [6, 6.07) is 9.34. The Balaban J connectivity index is 2.83. The topological polar surface area (TPSA) is 35.5 Å². The molecule has 0 saturated heterocycles. The number of ether oxygens (including phenoxy) is 2. The second kappa shape index (κ2) is 6.66. The molecule has 0 saturated carbocycles. The van der Waals surface area contributed by atoms with Crippen LogP contribution in [-0.4, -0.2) is 17.3 Å². The van der Waals surface area contributed by atoms with E-state index in [0.717, 1.165) is 5.56 Å². The molecule has 1 aromatic carbocycles. The molecule has 0 radical (unpaired) electrons. The molecule has 0 aromatic heterocycles. The van der Waals surface area contributed by atoms with E-state index in [9.17, 15) is 4.79 Å². The third-order valence-electron chi connectivity index (χ3n) is 2.49. The van der Waals surface area contributed by atoms with Crippen LogP contribution in [0.3, 0.4) is 0 Å². The Labute approximate surface area is 125 Å². The number of benzene rings is 1. The highest BCUT2D eigenvalue weighted by atomic mass is 32.1. The highest BCUT2D eigenvalue weighted by Crippen LogP contribution is 2.25. The van der Waals surface area contributed by atoms with E-state index in [1.807, 2.05) is 51.1 Å². The summed E-state index contributed by atoms with van der Waals surface area (Å²) in [7, 11) is 0. The van der Waals surface area contributed by atoms with E-state index in [1.165, 1.54) is 0 Å². The molecule has 3 nitrogen and oxygen atoms in total. The Morgan fingerprint density at radius 3 is 2.20 bits per heavy atom. The zero-order chi connectivity index (χ0) is 15.3. The SMILES string of the molecule is C=C(C)C(=O)OC(OC(=S)c1ccccc1)C(C)(C)C. The van der Waals surface area contributed by atoms with Gasteiger partial charge in [0, 0.05) is 16.6 Å². The molecule has 0 aliphatic carbocycles. The van der Waals surface area contributed by atoms with E-state index in [-0.39, 0.29) is 0 Å². The Morgan fingerprint density at radius 2 is 1.75 bits per heavy atom. The number of esters is 1. The Bertz CT molecular complexity index is 500. The molecule has 1 unspecified atom stereocenters. The summed E-state index contributed by atoms with van der Waals surface area (Å²) in [6.45, 7) is 10.9. The average Bonchev–Trinajstić information content (AvgIpc) is 2.37. The van der Waals surface area contributed by atoms with E-state index in [1.54, 1.807) is 6.92 Å². The van der Waals surface area contributed by atoms with Crippen LogP contribution in [0.5, 0.6) is 0 Å². The normalized spacial score (nSPS) is 12.4. The summed E-state index contributed by atoms with van der Waals surface area (Å²) >= 11 is 5.25. The van der Waals surface area contributed by atoms with Crippen molar-refractivity contribution in [3.63, 3.8) is 0 Å². The number of carbonyl (C=O) groups is 1. The van der Waals surface area contributed by atoms with Crippen LogP contribution in [0.4, 0.5) is 0 Å². The molecule has 20 heavy (non-hydrogen) atoms. The largest absolute Gasteiger partial charge is 0.443 e. The maximum atomic E-state index is 11.7. The molecule has 0 heterocycles. The second-order valence-corrected chi connectivity index (χ2v) is 6.03. The minimum absolute atomic E-state index is 0.306. The molecule has 0 amide bonds. The number of hydrogen-bond acceptors (Lipinski definition) is 4. The highest BCUT2D eigenvalue weighted by Gasteiger charge is 2.31. The predicted molar refractivity (Wildman–Crippen MR) is 83.4 cm³/mol. The van der Waals surface area contributed by atoms with Crippen LogP contribution < -0.4 is 0 Å². The summed E-state index contributed by atoms with van der Waals surface area (Å²) in [5.41, 5.74) is 0.709. The van der Waals surface area contributed by atoms with Crippen molar-refractivity contribution in [3.8, 4) is 0 Å². The zero-order valence-corrected chi connectivity index (χ0v) is 13.1. The van der Waals surface area contributed by atoms with Crippen molar-refractivity contribution in [2.75, 3.05) is 0 Å². The van der Waals surface area contributed by atoms with Crippen LogP contribution >= 0.6 is 12.2 Å². The molecule has 1 atom stereocenters. The van der Waals surface area contributed by atoms with Gasteiger partial charge in [0.2, 0.25) is 6.29 Å². The summed E-state index contributed by atoms with van der Waals surface area (Å²) in [5, 5.41) is 0.306. The third-order valence-corrected chi connectivity index (χ3v) is 2.83. The fourth-order valence-electron chi connectivity index (χ4n) is 1.31. The van der Waals surface area contributed by atoms with Crippen molar-refractivity contribution >= 4 is 23.2 Å². The predicted octanol–water partition coefficient (Wildman–Crippen LogP) is 3.87. The third kappa shape index (κ3) is 4.78. The molecule has 108 valence electrons. The van der Waals surface area contributed by atoms with Gasteiger partial charge in [0.1, 0.15) is 0 Å². The first kappa shape index (κ1) is 16.4. The van der Waals surface area contributed by atoms with Crippen LogP contribution in [0.2, 0.25) is 0 Å². The van der Waals surface area contributed by atoms with Gasteiger partial charge >= 0.3 is 5.97 Å². The first-order valence-electron chi connectivity index (χ1n) is 6.34. The van der Waals surface area contributed by atoms with E-state index in [4.69, 9.17) is 21.7 Å². The van der Waals surface area contributed by atoms with Gasteiger partial charge in [0.05, 0.1) is 0 Å². The minimum atomic E-state index is -0.764. The quantitative estimate of drug-likeness (QED) is 0.365. The maximum absolute atomic E-state index is 11.7. The fraction of sp³-hybridized carbons (Fsp3) is 0.375. The lowest BCUT2D eigenvalue weighted by Gasteiger charge is -2.30. The molecule has 4 heteroatoms. The van der Waals surface area contributed by atoms with E-state index in [2.05, 4.69) is 6.58 Å². The Kier molecular flexibility index (Phi) is 5.45. The second-order valence-electron chi connectivity index (χ2n) is 5.65. The lowest BCUT2D eigenvalue weighted by Crippen LogP contribution is -2.36. The van der Waals surface area contributed by atoms with Gasteiger partial charge in [-0.15, -0.1) is 0 Å². The van der Waals surface area contributed by atoms with E-state index >= 15 is 0 Å². The Morgan fingerprint density at radius 1 is 1.20 bits per heavy atom. The van der Waals surface area contributed by atoms with Crippen molar-refractivity contribution in [2.45, 2.75) is 34.0 Å². The van der Waals surface area contributed by atoms with E-state index in [0.29, 0.717) is 10.6 Å². The fourth-order valence-corrected chi connectivity index (χ4v) is 1.54. The van der Waals surface area contributed by atoms with Gasteiger partial charge in [-0.3, -0.25) is 0 Å². The number of rotatable bonds is 4. The number of thiocarbonyl (C=S) groups is 1. The van der Waals surface area contributed by atoms with Crippen molar-refractivity contribution in [1.82, 2.24) is 0 Å². The summed E-state index contributed by atoms with van der Waals surface area (Å²) in [5.74, 6) is -0.485. The average molecular weight is 292 g/mol. The standard InChI is InChI=1S/C16H20O3S/c1-11(2)13(17)18-15(16(3,4)5)19-14(20)12-9-7-6-8-10-12/h6-10,15H,1H2,2-5H3. The van der Waals surface area contributed by atoms with Crippen LogP contribution in [0.1, 0.15) is 33.3 Å². The molecule has 1 rings (SSSR count). The van der Waals surface area contributed by atoms with Crippen molar-refractivity contribution in [1.29, 1.82) is 0 Å². The highest BCUT2D eigenvalue weighted by molar-refractivity contribution is 7.80. The van der Waals surface area contributed by atoms with Gasteiger partial charge in [-0.1, -0.05) is 57.7 Å². The first-order valence-corrected chi connectivity index (χ1v) is 6.75. The molecular weight excluding hydrogens is 272 g/mol. The zero-order valence-electron chi connectivity index (χ0n) is 12.3. The molecule has 0 aliphatic rings. The van der Waals surface area contributed by atoms with Crippen LogP contribution in [0, 0.1) is 5.41 Å². The molecule has 1 aromatic rings. The Hall–Kier alpha value is -1.68. The molecule has 0 bridgehead atoms. The van der Waals surface area contributed by atoms with Gasteiger partial charge < -0.3 is 9.47 Å². The van der Waals surface area contributed by atoms with Crippen molar-refractivity contribution in [2.24, 2.45) is 5.41 Å². The van der Waals surface area contributed by atoms with Crippen LogP contribution in [0.15, 0.2) is 42.5 Å². The smallest absolute Gasteiger partial charge is 0.336 e. The van der Waals surface area contributed by atoms with Gasteiger partial charge in [-0.2, -0.15) is 0 Å². The van der Waals surface area contributed by atoms with Crippen molar-refractivity contribution < 1.29 is 14.3 Å². The van der Waals surface area contributed by atoms with Gasteiger partial charge in [-0.05, 0) is 19.1 Å². The molecule has 0 spiro atoms.